The van der Waals surface area contributed by atoms with E-state index >= 15 is 0 Å². The van der Waals surface area contributed by atoms with Crippen LogP contribution in [-0.2, 0) is 6.54 Å². The summed E-state index contributed by atoms with van der Waals surface area (Å²) in [6.07, 6.45) is 0. The van der Waals surface area contributed by atoms with Crippen LogP contribution < -0.4 is 10.1 Å². The molecule has 0 spiro atoms. The van der Waals surface area contributed by atoms with Gasteiger partial charge in [0.15, 0.2) is 0 Å². The fraction of sp³-hybridized carbons (Fsp3) is 0.357. The van der Waals surface area contributed by atoms with Crippen molar-refractivity contribution in [2.45, 2.75) is 13.5 Å². The van der Waals surface area contributed by atoms with E-state index in [4.69, 9.17) is 4.74 Å². The molecule has 0 unspecified atom stereocenters. The van der Waals surface area contributed by atoms with Crippen LogP contribution >= 0.6 is 11.3 Å². The number of methoxy groups -OCH3 is 1. The van der Waals surface area contributed by atoms with Gasteiger partial charge in [-0.25, -0.2) is 0 Å². The monoisotopic (exact) mass is 306 g/mol. The third-order valence-electron chi connectivity index (χ3n) is 2.88. The number of nitrogens with one attached hydrogen (secondary N) is 1. The second-order valence-corrected chi connectivity index (χ2v) is 5.39. The fourth-order valence-corrected chi connectivity index (χ4v) is 2.66. The van der Waals surface area contributed by atoms with Gasteiger partial charge < -0.3 is 15.0 Å². The predicted octanol–water partition coefficient (Wildman–Crippen LogP) is 2.25. The third kappa shape index (κ3) is 3.69. The van der Waals surface area contributed by atoms with Crippen LogP contribution in [0.15, 0.2) is 24.3 Å². The second kappa shape index (κ2) is 7.03. The Balaban J connectivity index is 2.08. The van der Waals surface area contributed by atoms with Crippen LogP contribution in [0.3, 0.4) is 0 Å². The number of hydrogen-bond donors (Lipinski definition) is 1. The number of benzene rings is 1. The van der Waals surface area contributed by atoms with Crippen LogP contribution in [0.25, 0.3) is 0 Å². The Bertz CT molecular complexity index is 615. The molecule has 0 aliphatic rings. The number of rotatable bonds is 6. The Labute approximate surface area is 127 Å². The molecule has 0 fully saturated rings. The van der Waals surface area contributed by atoms with Crippen molar-refractivity contribution in [1.29, 1.82) is 0 Å². The van der Waals surface area contributed by atoms with Gasteiger partial charge in [0, 0.05) is 25.7 Å². The van der Waals surface area contributed by atoms with Crippen LogP contribution in [-0.4, -0.2) is 41.7 Å². The van der Waals surface area contributed by atoms with Gasteiger partial charge in [0.2, 0.25) is 10.1 Å². The Morgan fingerprint density at radius 2 is 2.14 bits per heavy atom. The van der Waals surface area contributed by atoms with Gasteiger partial charge >= 0.3 is 0 Å². The van der Waals surface area contributed by atoms with Crippen LogP contribution in [0.2, 0.25) is 0 Å². The van der Waals surface area contributed by atoms with Crippen molar-refractivity contribution in [1.82, 2.24) is 15.1 Å². The van der Waals surface area contributed by atoms with Gasteiger partial charge in [0.1, 0.15) is 5.75 Å². The van der Waals surface area contributed by atoms with Gasteiger partial charge in [-0.1, -0.05) is 29.5 Å². The number of carbonyl (C=O) groups is 1. The van der Waals surface area contributed by atoms with Crippen molar-refractivity contribution in [3.8, 4) is 5.75 Å². The molecule has 2 aromatic rings. The molecule has 6 nitrogen and oxygen atoms in total. The SMILES string of the molecule is CCNc1nnc(C(=O)N(C)Cc2ccccc2OC)s1. The van der Waals surface area contributed by atoms with Crippen molar-refractivity contribution in [3.63, 3.8) is 0 Å². The third-order valence-corrected chi connectivity index (χ3v) is 3.75. The summed E-state index contributed by atoms with van der Waals surface area (Å²) < 4.78 is 5.29. The highest BCUT2D eigenvalue weighted by molar-refractivity contribution is 7.17. The van der Waals surface area contributed by atoms with Crippen LogP contribution in [0.4, 0.5) is 5.13 Å². The first-order valence-corrected chi connectivity index (χ1v) is 7.42. The minimum absolute atomic E-state index is 0.150. The molecule has 7 heteroatoms. The normalized spacial score (nSPS) is 10.2. The highest BCUT2D eigenvalue weighted by atomic mass is 32.1. The molecular formula is C14H18N4O2S. The lowest BCUT2D eigenvalue weighted by Crippen LogP contribution is -2.26. The summed E-state index contributed by atoms with van der Waals surface area (Å²) in [5, 5.41) is 11.9. The number of para-hydroxylation sites is 1. The molecule has 0 saturated heterocycles. The van der Waals surface area contributed by atoms with Gasteiger partial charge in [-0.3, -0.25) is 4.79 Å². The lowest BCUT2D eigenvalue weighted by Gasteiger charge is -2.17. The van der Waals surface area contributed by atoms with E-state index in [0.717, 1.165) is 17.9 Å². The number of anilines is 1. The van der Waals surface area contributed by atoms with Crippen molar-refractivity contribution in [2.24, 2.45) is 0 Å². The molecule has 2 rings (SSSR count). The lowest BCUT2D eigenvalue weighted by atomic mass is 10.2. The van der Waals surface area contributed by atoms with E-state index in [1.54, 1.807) is 19.1 Å². The maximum Gasteiger partial charge on any atom is 0.284 e. The highest BCUT2D eigenvalue weighted by Crippen LogP contribution is 2.21. The van der Waals surface area contributed by atoms with E-state index in [0.29, 0.717) is 16.7 Å². The van der Waals surface area contributed by atoms with Crippen molar-refractivity contribution < 1.29 is 9.53 Å². The first-order chi connectivity index (χ1) is 10.2. The molecule has 112 valence electrons. The summed E-state index contributed by atoms with van der Waals surface area (Å²) in [7, 11) is 3.36. The Kier molecular flexibility index (Phi) is 5.10. The summed E-state index contributed by atoms with van der Waals surface area (Å²) in [4.78, 5) is 13.9. The molecule has 0 aliphatic heterocycles. The first-order valence-electron chi connectivity index (χ1n) is 6.60. The minimum Gasteiger partial charge on any atom is -0.496 e. The largest absolute Gasteiger partial charge is 0.496 e. The number of nitrogens with zero attached hydrogens (tertiary/aromatic N) is 3. The average Bonchev–Trinajstić information content (AvgIpc) is 2.96. The molecule has 0 radical (unpaired) electrons. The Morgan fingerprint density at radius 3 is 2.86 bits per heavy atom. The van der Waals surface area contributed by atoms with Crippen molar-refractivity contribution in [2.75, 3.05) is 26.0 Å². The molecule has 1 heterocycles. The molecule has 1 N–H and O–H groups in total. The molecular weight excluding hydrogens is 288 g/mol. The molecule has 0 aliphatic carbocycles. The quantitative estimate of drug-likeness (QED) is 0.886. The van der Waals surface area contributed by atoms with Gasteiger partial charge in [0.25, 0.3) is 5.91 Å². The van der Waals surface area contributed by atoms with Crippen LogP contribution in [0.1, 0.15) is 22.3 Å². The number of hydrogen-bond acceptors (Lipinski definition) is 6. The summed E-state index contributed by atoms with van der Waals surface area (Å²) >= 11 is 1.26. The summed E-state index contributed by atoms with van der Waals surface area (Å²) in [5.74, 6) is 0.616. The van der Waals surface area contributed by atoms with Crippen LogP contribution in [0, 0.1) is 0 Å². The zero-order valence-electron chi connectivity index (χ0n) is 12.3. The Hall–Kier alpha value is -2.15. The topological polar surface area (TPSA) is 67.4 Å². The number of aromatic nitrogens is 2. The van der Waals surface area contributed by atoms with E-state index in [-0.39, 0.29) is 5.91 Å². The maximum atomic E-state index is 12.3. The molecule has 1 aromatic carbocycles. The zero-order valence-corrected chi connectivity index (χ0v) is 13.1. The molecule has 0 atom stereocenters. The van der Waals surface area contributed by atoms with Crippen LogP contribution in [0.5, 0.6) is 5.75 Å². The summed E-state index contributed by atoms with van der Waals surface area (Å²) in [6.45, 7) is 3.18. The second-order valence-electron chi connectivity index (χ2n) is 4.42. The smallest absolute Gasteiger partial charge is 0.284 e. The van der Waals surface area contributed by atoms with E-state index in [9.17, 15) is 4.79 Å². The van der Waals surface area contributed by atoms with Crippen molar-refractivity contribution in [3.05, 3.63) is 34.8 Å². The standard InChI is InChI=1S/C14H18N4O2S/c1-4-15-14-17-16-12(21-14)13(19)18(2)9-10-7-5-6-8-11(10)20-3/h5-8H,4,9H2,1-3H3,(H,15,17). The fourth-order valence-electron chi connectivity index (χ4n) is 1.86. The summed E-state index contributed by atoms with van der Waals surface area (Å²) in [5.41, 5.74) is 0.951. The molecule has 21 heavy (non-hydrogen) atoms. The molecule has 1 amide bonds. The lowest BCUT2D eigenvalue weighted by molar-refractivity contribution is 0.0783. The van der Waals surface area contributed by atoms with E-state index in [2.05, 4.69) is 15.5 Å². The van der Waals surface area contributed by atoms with E-state index in [1.165, 1.54) is 11.3 Å². The van der Waals surface area contributed by atoms with Crippen molar-refractivity contribution >= 4 is 22.4 Å². The number of carbonyl (C=O) groups excluding carboxylic acids is 1. The van der Waals surface area contributed by atoms with Gasteiger partial charge in [-0.2, -0.15) is 0 Å². The number of ether oxygens (including phenoxy) is 1. The highest BCUT2D eigenvalue weighted by Gasteiger charge is 2.18. The average molecular weight is 306 g/mol. The Morgan fingerprint density at radius 1 is 1.38 bits per heavy atom. The van der Waals surface area contributed by atoms with Gasteiger partial charge in [-0.15, -0.1) is 10.2 Å². The van der Waals surface area contributed by atoms with Gasteiger partial charge in [-0.05, 0) is 13.0 Å². The van der Waals surface area contributed by atoms with E-state index in [1.807, 2.05) is 31.2 Å². The maximum absolute atomic E-state index is 12.3. The number of amides is 1. The molecule has 0 bridgehead atoms. The van der Waals surface area contributed by atoms with E-state index < -0.39 is 0 Å². The minimum atomic E-state index is -0.150. The zero-order chi connectivity index (χ0) is 15.2. The molecule has 1 aromatic heterocycles. The van der Waals surface area contributed by atoms with Gasteiger partial charge in [0.05, 0.1) is 7.11 Å². The summed E-state index contributed by atoms with van der Waals surface area (Å²) in [6, 6.07) is 7.64. The predicted molar refractivity (Wildman–Crippen MR) is 82.9 cm³/mol. The molecule has 0 saturated carbocycles. The first kappa shape index (κ1) is 15.2.